The van der Waals surface area contributed by atoms with Gasteiger partial charge in [0, 0.05) is 34.7 Å². The van der Waals surface area contributed by atoms with Crippen LogP contribution in [0.1, 0.15) is 12.0 Å². The van der Waals surface area contributed by atoms with Crippen molar-refractivity contribution in [1.82, 2.24) is 4.98 Å². The lowest BCUT2D eigenvalue weighted by Gasteiger charge is -2.15. The van der Waals surface area contributed by atoms with E-state index >= 15 is 0 Å². The van der Waals surface area contributed by atoms with Crippen molar-refractivity contribution in [3.63, 3.8) is 0 Å². The fourth-order valence-electron chi connectivity index (χ4n) is 3.99. The molecule has 4 aromatic rings. The van der Waals surface area contributed by atoms with Gasteiger partial charge < -0.3 is 10.4 Å². The van der Waals surface area contributed by atoms with Gasteiger partial charge in [-0.15, -0.1) is 23.1 Å². The van der Waals surface area contributed by atoms with Crippen LogP contribution in [0.4, 0.5) is 11.4 Å². The monoisotopic (exact) mass is 543 g/mol. The molecule has 8 nitrogen and oxygen atoms in total. The number of hydrogen-bond acceptors (Lipinski definition) is 7. The van der Waals surface area contributed by atoms with Gasteiger partial charge in [-0.05, 0) is 73.2 Å². The molecule has 3 amide bonds. The number of amides is 3. The molecule has 0 spiro atoms. The fourth-order valence-corrected chi connectivity index (χ4v) is 6.11. The molecule has 5 rings (SSSR count). The van der Waals surface area contributed by atoms with Gasteiger partial charge in [0.1, 0.15) is 5.01 Å². The molecule has 190 valence electrons. The second-order valence-corrected chi connectivity index (χ2v) is 10.9. The van der Waals surface area contributed by atoms with Crippen LogP contribution in [0.15, 0.2) is 83.8 Å². The summed E-state index contributed by atoms with van der Waals surface area (Å²) < 4.78 is 1.11. The van der Waals surface area contributed by atoms with E-state index in [9.17, 15) is 19.2 Å². The predicted molar refractivity (Wildman–Crippen MR) is 148 cm³/mol. The van der Waals surface area contributed by atoms with Crippen molar-refractivity contribution in [3.8, 4) is 10.6 Å². The van der Waals surface area contributed by atoms with Gasteiger partial charge in [-0.2, -0.15) is 0 Å². The number of fused-ring (bicyclic) bond motifs is 1. The van der Waals surface area contributed by atoms with E-state index in [1.807, 2.05) is 31.2 Å². The third kappa shape index (κ3) is 5.51. The number of thioether (sulfide) groups is 1. The molecule has 1 aliphatic rings. The number of nitrogens with zero attached hydrogens (tertiary/aromatic N) is 2. The van der Waals surface area contributed by atoms with Crippen molar-refractivity contribution < 1.29 is 24.3 Å². The topological polar surface area (TPSA) is 117 Å². The highest BCUT2D eigenvalue weighted by Gasteiger charge is 2.40. The van der Waals surface area contributed by atoms with Crippen LogP contribution < -0.4 is 10.2 Å². The summed E-state index contributed by atoms with van der Waals surface area (Å²) in [5.41, 5.74) is 4.04. The summed E-state index contributed by atoms with van der Waals surface area (Å²) in [5, 5.41) is 11.5. The SMILES string of the molecule is Cc1ccc2nc(-c3ccc(N4C(=O)CC(Sc5ccc(NC(=O)C=CC(=O)O)cc5)C4=O)cc3)sc2c1. The summed E-state index contributed by atoms with van der Waals surface area (Å²) in [6, 6.07) is 20.2. The number of aryl methyl sites for hydroxylation is 1. The molecule has 0 radical (unpaired) electrons. The Balaban J connectivity index is 1.25. The van der Waals surface area contributed by atoms with Crippen LogP contribution in [0.5, 0.6) is 0 Å². The molecule has 1 aromatic heterocycles. The van der Waals surface area contributed by atoms with Gasteiger partial charge in [-0.25, -0.2) is 14.7 Å². The van der Waals surface area contributed by atoms with E-state index in [4.69, 9.17) is 10.1 Å². The normalized spacial score (nSPS) is 15.5. The predicted octanol–water partition coefficient (Wildman–Crippen LogP) is 5.28. The first-order valence-corrected chi connectivity index (χ1v) is 13.3. The Kier molecular flexibility index (Phi) is 7.08. The van der Waals surface area contributed by atoms with Crippen molar-refractivity contribution in [3.05, 3.63) is 84.4 Å². The number of hydrogen-bond donors (Lipinski definition) is 2. The quantitative estimate of drug-likeness (QED) is 0.241. The summed E-state index contributed by atoms with van der Waals surface area (Å²) in [7, 11) is 0. The first-order chi connectivity index (χ1) is 18.3. The minimum absolute atomic E-state index is 0.0843. The Morgan fingerprint density at radius 2 is 1.79 bits per heavy atom. The van der Waals surface area contributed by atoms with Crippen LogP contribution in [0.3, 0.4) is 0 Å². The maximum absolute atomic E-state index is 13.1. The fraction of sp³-hybridized carbons (Fsp3) is 0.107. The van der Waals surface area contributed by atoms with Gasteiger partial charge in [0.25, 0.3) is 0 Å². The molecule has 1 saturated heterocycles. The van der Waals surface area contributed by atoms with E-state index in [0.717, 1.165) is 37.8 Å². The lowest BCUT2D eigenvalue weighted by molar-refractivity contribution is -0.131. The molecule has 2 heterocycles. The number of benzene rings is 3. The maximum Gasteiger partial charge on any atom is 0.328 e. The van der Waals surface area contributed by atoms with Crippen molar-refractivity contribution in [1.29, 1.82) is 0 Å². The molecule has 38 heavy (non-hydrogen) atoms. The van der Waals surface area contributed by atoms with E-state index < -0.39 is 17.1 Å². The van der Waals surface area contributed by atoms with Crippen LogP contribution in [0, 0.1) is 6.92 Å². The molecule has 0 saturated carbocycles. The molecule has 2 N–H and O–H groups in total. The molecular formula is C28H21N3O5S2. The van der Waals surface area contributed by atoms with Crippen LogP contribution in [-0.2, 0) is 19.2 Å². The number of aromatic nitrogens is 1. The van der Waals surface area contributed by atoms with E-state index in [1.165, 1.54) is 22.2 Å². The largest absolute Gasteiger partial charge is 0.478 e. The lowest BCUT2D eigenvalue weighted by Crippen LogP contribution is -2.31. The number of thiazole rings is 1. The summed E-state index contributed by atoms with van der Waals surface area (Å²) in [6.45, 7) is 2.04. The highest BCUT2D eigenvalue weighted by atomic mass is 32.2. The number of nitrogens with one attached hydrogen (secondary N) is 1. The third-order valence-electron chi connectivity index (χ3n) is 5.80. The number of carboxylic acids is 1. The Bertz CT molecular complexity index is 1590. The molecule has 10 heteroatoms. The van der Waals surface area contributed by atoms with Crippen LogP contribution in [0.25, 0.3) is 20.8 Å². The lowest BCUT2D eigenvalue weighted by atomic mass is 10.2. The van der Waals surface area contributed by atoms with Crippen LogP contribution in [-0.4, -0.2) is 39.0 Å². The highest BCUT2D eigenvalue weighted by molar-refractivity contribution is 8.00. The van der Waals surface area contributed by atoms with Crippen molar-refractivity contribution in [2.75, 3.05) is 10.2 Å². The van der Waals surface area contributed by atoms with Gasteiger partial charge >= 0.3 is 5.97 Å². The Labute approximate surface area is 226 Å². The summed E-state index contributed by atoms with van der Waals surface area (Å²) in [5.74, 6) is -2.32. The average Bonchev–Trinajstić information content (AvgIpc) is 3.43. The number of carbonyl (C=O) groups excluding carboxylic acids is 3. The second kappa shape index (κ2) is 10.6. The number of anilines is 2. The smallest absolute Gasteiger partial charge is 0.328 e. The molecule has 0 aliphatic carbocycles. The highest BCUT2D eigenvalue weighted by Crippen LogP contribution is 2.36. The Hall–Kier alpha value is -4.28. The van der Waals surface area contributed by atoms with Gasteiger partial charge in [-0.1, -0.05) is 6.07 Å². The van der Waals surface area contributed by atoms with Crippen molar-refractivity contribution >= 4 is 68.4 Å². The summed E-state index contributed by atoms with van der Waals surface area (Å²) in [6.07, 6.45) is 1.76. The van der Waals surface area contributed by atoms with Gasteiger partial charge in [-0.3, -0.25) is 14.4 Å². The molecule has 3 aromatic carbocycles. The van der Waals surface area contributed by atoms with E-state index in [2.05, 4.69) is 11.4 Å². The van der Waals surface area contributed by atoms with Crippen LogP contribution >= 0.6 is 23.1 Å². The Morgan fingerprint density at radius 3 is 2.50 bits per heavy atom. The number of imide groups is 1. The van der Waals surface area contributed by atoms with Gasteiger partial charge in [0.15, 0.2) is 0 Å². The molecule has 0 bridgehead atoms. The number of carboxylic acid groups (broad SMARTS) is 1. The van der Waals surface area contributed by atoms with Gasteiger partial charge in [0.05, 0.1) is 21.2 Å². The summed E-state index contributed by atoms with van der Waals surface area (Å²) in [4.78, 5) is 54.8. The van der Waals surface area contributed by atoms with Crippen molar-refractivity contribution in [2.45, 2.75) is 23.5 Å². The molecule has 1 fully saturated rings. The zero-order valence-electron chi connectivity index (χ0n) is 20.1. The van der Waals surface area contributed by atoms with Crippen molar-refractivity contribution in [2.24, 2.45) is 0 Å². The molecule has 1 unspecified atom stereocenters. The minimum atomic E-state index is -1.21. The third-order valence-corrected chi connectivity index (χ3v) is 8.06. The average molecular weight is 544 g/mol. The second-order valence-electron chi connectivity index (χ2n) is 8.60. The zero-order valence-corrected chi connectivity index (χ0v) is 21.7. The van der Waals surface area contributed by atoms with Gasteiger partial charge in [0.2, 0.25) is 17.7 Å². The minimum Gasteiger partial charge on any atom is -0.478 e. The zero-order chi connectivity index (χ0) is 26.8. The first-order valence-electron chi connectivity index (χ1n) is 11.6. The summed E-state index contributed by atoms with van der Waals surface area (Å²) >= 11 is 2.88. The first kappa shape index (κ1) is 25.4. The molecular weight excluding hydrogens is 522 g/mol. The molecule has 1 aliphatic heterocycles. The van der Waals surface area contributed by atoms with E-state index in [-0.39, 0.29) is 18.2 Å². The molecule has 1 atom stereocenters. The van der Waals surface area contributed by atoms with E-state index in [0.29, 0.717) is 11.4 Å². The number of rotatable bonds is 7. The van der Waals surface area contributed by atoms with Crippen LogP contribution in [0.2, 0.25) is 0 Å². The number of carbonyl (C=O) groups is 4. The number of aliphatic carboxylic acids is 1. The maximum atomic E-state index is 13.1. The van der Waals surface area contributed by atoms with E-state index in [1.54, 1.807) is 47.7 Å². The Morgan fingerprint density at radius 1 is 1.05 bits per heavy atom. The standard InChI is InChI=1S/C28H21N3O5S2/c1-16-2-11-21-22(14-16)38-27(30-21)17-3-7-19(8-4-17)31-25(33)15-23(28(31)36)37-20-9-5-18(6-10-20)29-24(32)12-13-26(34)35/h2-14,23H,15H2,1H3,(H,29,32)(H,34,35).